The maximum atomic E-state index is 13.9. The molecule has 0 fully saturated rings. The molecule has 1 amide bonds. The molecule has 2 atom stereocenters. The molecule has 0 radical (unpaired) electrons. The molecule has 0 spiro atoms. The average Bonchev–Trinajstić information content (AvgIpc) is 2.98. The number of esters is 1. The lowest BCUT2D eigenvalue weighted by Crippen LogP contribution is -2.45. The quantitative estimate of drug-likeness (QED) is 0.384. The molecule has 0 aliphatic carbocycles. The van der Waals surface area contributed by atoms with Crippen LogP contribution >= 0.6 is 11.8 Å². The van der Waals surface area contributed by atoms with Crippen LogP contribution in [-0.2, 0) is 20.7 Å². The first kappa shape index (κ1) is 26.7. The van der Waals surface area contributed by atoms with Gasteiger partial charge in [0.2, 0.25) is 0 Å². The summed E-state index contributed by atoms with van der Waals surface area (Å²) < 4.78 is 24.4. The predicted octanol–water partition coefficient (Wildman–Crippen LogP) is 5.10. The molecule has 0 aromatic heterocycles. The number of thioether (sulfide) groups is 1. The van der Waals surface area contributed by atoms with Crippen molar-refractivity contribution in [1.29, 1.82) is 0 Å². The molecule has 6 nitrogen and oxygen atoms in total. The zero-order chi connectivity index (χ0) is 26.5. The molecule has 0 unspecified atom stereocenters. The van der Waals surface area contributed by atoms with E-state index in [1.54, 1.807) is 24.1 Å². The van der Waals surface area contributed by atoms with Gasteiger partial charge in [-0.15, -0.1) is 11.8 Å². The highest BCUT2D eigenvalue weighted by atomic mass is 32.2. The summed E-state index contributed by atoms with van der Waals surface area (Å²) in [5, 5.41) is -0.452. The molecule has 0 saturated heterocycles. The molecule has 8 heteroatoms. The molecule has 1 heterocycles. The monoisotopic (exact) mass is 522 g/mol. The van der Waals surface area contributed by atoms with E-state index in [-0.39, 0.29) is 11.7 Å². The van der Waals surface area contributed by atoms with E-state index in [4.69, 9.17) is 9.47 Å². The number of fused-ring (bicyclic) bond motifs is 1. The van der Waals surface area contributed by atoms with Gasteiger partial charge in [0.1, 0.15) is 11.6 Å². The fourth-order valence-corrected chi connectivity index (χ4v) is 5.66. The Morgan fingerprint density at radius 2 is 1.70 bits per heavy atom. The standard InChI is InChI=1S/C29H31FN2O4S/c1-19(33)36-27-28(22-8-12-24(35-4)13-9-22)37-26-18-21(17-20-5-10-23(30)11-6-20)7-14-25(26)32(29(27)34)16-15-31(2)3/h5-14,18,27-28H,15-17H2,1-4H3/t27-,28+/m1/s1. The molecule has 0 N–H and O–H groups in total. The molecule has 3 aromatic rings. The van der Waals surface area contributed by atoms with Crippen LogP contribution in [0.25, 0.3) is 0 Å². The highest BCUT2D eigenvalue weighted by Crippen LogP contribution is 2.47. The first-order valence-electron chi connectivity index (χ1n) is 12.1. The molecule has 0 saturated carbocycles. The lowest BCUT2D eigenvalue weighted by Gasteiger charge is -2.28. The van der Waals surface area contributed by atoms with Gasteiger partial charge in [-0.05, 0) is 73.6 Å². The third-order valence-electron chi connectivity index (χ3n) is 6.18. The Labute approximate surface area is 221 Å². The first-order chi connectivity index (χ1) is 17.7. The van der Waals surface area contributed by atoms with Crippen molar-refractivity contribution < 1.29 is 23.5 Å². The lowest BCUT2D eigenvalue weighted by molar-refractivity contribution is -0.152. The van der Waals surface area contributed by atoms with Crippen molar-refractivity contribution in [2.24, 2.45) is 0 Å². The number of methoxy groups -OCH3 is 1. The lowest BCUT2D eigenvalue weighted by atomic mass is 10.0. The zero-order valence-electron chi connectivity index (χ0n) is 21.4. The third kappa shape index (κ3) is 6.50. The Balaban J connectivity index is 1.78. The summed E-state index contributed by atoms with van der Waals surface area (Å²) in [6.45, 7) is 2.42. The number of hydrogen-bond acceptors (Lipinski definition) is 6. The Hall–Kier alpha value is -3.36. The van der Waals surface area contributed by atoms with Crippen LogP contribution in [0, 0.1) is 5.82 Å². The Morgan fingerprint density at radius 1 is 1.03 bits per heavy atom. The smallest absolute Gasteiger partial charge is 0.303 e. The van der Waals surface area contributed by atoms with Crippen LogP contribution in [0.4, 0.5) is 10.1 Å². The number of carbonyl (C=O) groups excluding carboxylic acids is 2. The second-order valence-corrected chi connectivity index (χ2v) is 10.4. The van der Waals surface area contributed by atoms with Gasteiger partial charge >= 0.3 is 5.97 Å². The highest BCUT2D eigenvalue weighted by Gasteiger charge is 2.40. The van der Waals surface area contributed by atoms with E-state index in [0.717, 1.165) is 27.3 Å². The third-order valence-corrected chi connectivity index (χ3v) is 7.54. The number of amides is 1. The van der Waals surface area contributed by atoms with Crippen LogP contribution in [0.15, 0.2) is 71.6 Å². The van der Waals surface area contributed by atoms with Gasteiger partial charge in [-0.1, -0.05) is 30.3 Å². The van der Waals surface area contributed by atoms with Gasteiger partial charge in [0.05, 0.1) is 18.0 Å². The summed E-state index contributed by atoms with van der Waals surface area (Å²) in [6.07, 6.45) is -0.369. The van der Waals surface area contributed by atoms with Crippen LogP contribution < -0.4 is 9.64 Å². The van der Waals surface area contributed by atoms with Crippen LogP contribution in [0.1, 0.15) is 28.9 Å². The van der Waals surface area contributed by atoms with Gasteiger partial charge in [0, 0.05) is 24.9 Å². The van der Waals surface area contributed by atoms with Crippen LogP contribution in [0.3, 0.4) is 0 Å². The van der Waals surface area contributed by atoms with Crippen molar-refractivity contribution in [3.05, 3.63) is 89.2 Å². The van der Waals surface area contributed by atoms with E-state index >= 15 is 0 Å². The van der Waals surface area contributed by atoms with Crippen molar-refractivity contribution >= 4 is 29.3 Å². The molecule has 37 heavy (non-hydrogen) atoms. The van der Waals surface area contributed by atoms with Gasteiger partial charge in [0.15, 0.2) is 6.10 Å². The Morgan fingerprint density at radius 3 is 2.32 bits per heavy atom. The Kier molecular flexibility index (Phi) is 8.51. The van der Waals surface area contributed by atoms with Gasteiger partial charge in [0.25, 0.3) is 5.91 Å². The maximum absolute atomic E-state index is 13.9. The fourth-order valence-electron chi connectivity index (χ4n) is 4.28. The molecular weight excluding hydrogens is 491 g/mol. The molecular formula is C29H31FN2O4S. The highest BCUT2D eigenvalue weighted by molar-refractivity contribution is 7.99. The number of carbonyl (C=O) groups is 2. The minimum Gasteiger partial charge on any atom is -0.497 e. The van der Waals surface area contributed by atoms with E-state index < -0.39 is 17.3 Å². The van der Waals surface area contributed by atoms with Gasteiger partial charge in [-0.2, -0.15) is 0 Å². The second-order valence-electron chi connectivity index (χ2n) is 9.24. The molecule has 0 bridgehead atoms. The minimum absolute atomic E-state index is 0.254. The second kappa shape index (κ2) is 11.8. The number of hydrogen-bond donors (Lipinski definition) is 0. The van der Waals surface area contributed by atoms with Gasteiger partial charge in [-0.3, -0.25) is 9.59 Å². The number of rotatable bonds is 8. The summed E-state index contributed by atoms with van der Waals surface area (Å²) in [6, 6.07) is 20.0. The first-order valence-corrected chi connectivity index (χ1v) is 12.9. The summed E-state index contributed by atoms with van der Waals surface area (Å²) in [4.78, 5) is 30.7. The Bertz CT molecular complexity index is 1250. The van der Waals surface area contributed by atoms with Crippen molar-refractivity contribution in [1.82, 2.24) is 4.90 Å². The van der Waals surface area contributed by atoms with Gasteiger partial charge in [-0.25, -0.2) is 4.39 Å². The largest absolute Gasteiger partial charge is 0.497 e. The van der Waals surface area contributed by atoms with Crippen LogP contribution in [0.2, 0.25) is 0 Å². The SMILES string of the molecule is COc1ccc([C@@H]2Sc3cc(Cc4ccc(F)cc4)ccc3N(CCN(C)C)C(=O)[C@@H]2OC(C)=O)cc1. The van der Waals surface area contributed by atoms with Crippen molar-refractivity contribution in [2.45, 2.75) is 29.6 Å². The molecule has 1 aliphatic rings. The summed E-state index contributed by atoms with van der Waals surface area (Å²) >= 11 is 1.51. The maximum Gasteiger partial charge on any atom is 0.303 e. The number of likely N-dealkylation sites (N-methyl/N-ethyl adjacent to an activating group) is 1. The molecule has 1 aliphatic heterocycles. The fraction of sp³-hybridized carbons (Fsp3) is 0.310. The number of nitrogens with zero attached hydrogens (tertiary/aromatic N) is 2. The van der Waals surface area contributed by atoms with Gasteiger partial charge < -0.3 is 19.3 Å². The van der Waals surface area contributed by atoms with E-state index in [0.29, 0.717) is 25.3 Å². The van der Waals surface area contributed by atoms with E-state index in [1.807, 2.05) is 55.4 Å². The summed E-state index contributed by atoms with van der Waals surface area (Å²) in [7, 11) is 5.50. The molecule has 194 valence electrons. The normalized spacial score (nSPS) is 17.4. The minimum atomic E-state index is -0.994. The van der Waals surface area contributed by atoms with Crippen molar-refractivity contribution in [3.63, 3.8) is 0 Å². The number of ether oxygens (including phenoxy) is 2. The van der Waals surface area contributed by atoms with E-state index in [1.165, 1.54) is 30.8 Å². The summed E-state index contributed by atoms with van der Waals surface area (Å²) in [5.41, 5.74) is 3.67. The number of anilines is 1. The predicted molar refractivity (Wildman–Crippen MR) is 144 cm³/mol. The zero-order valence-corrected chi connectivity index (χ0v) is 22.3. The summed E-state index contributed by atoms with van der Waals surface area (Å²) in [5.74, 6) is -0.328. The van der Waals surface area contributed by atoms with E-state index in [2.05, 4.69) is 6.07 Å². The van der Waals surface area contributed by atoms with E-state index in [9.17, 15) is 14.0 Å². The van der Waals surface area contributed by atoms with Crippen molar-refractivity contribution in [3.8, 4) is 5.75 Å². The average molecular weight is 523 g/mol. The van der Waals surface area contributed by atoms with Crippen LogP contribution in [0.5, 0.6) is 5.75 Å². The van der Waals surface area contributed by atoms with Crippen LogP contribution in [-0.4, -0.2) is 57.2 Å². The molecule has 4 rings (SSSR count). The molecule has 3 aromatic carbocycles. The van der Waals surface area contributed by atoms with Crippen molar-refractivity contribution in [2.75, 3.05) is 39.2 Å². The number of benzene rings is 3. The number of halogens is 1. The topological polar surface area (TPSA) is 59.1 Å².